The second-order valence-corrected chi connectivity index (χ2v) is 8.05. The molecule has 1 atom stereocenters. The van der Waals surface area contributed by atoms with Crippen LogP contribution in [0.25, 0.3) is 0 Å². The Bertz CT molecular complexity index is 463. The predicted octanol–water partition coefficient (Wildman–Crippen LogP) is 4.11. The van der Waals surface area contributed by atoms with Crippen LogP contribution in [0.3, 0.4) is 0 Å². The van der Waals surface area contributed by atoms with E-state index >= 15 is 0 Å². The quantitative estimate of drug-likeness (QED) is 0.887. The van der Waals surface area contributed by atoms with Gasteiger partial charge in [-0.25, -0.2) is 4.98 Å². The summed E-state index contributed by atoms with van der Waals surface area (Å²) in [5.41, 5.74) is 1.22. The molecule has 118 valence electrons. The fourth-order valence-corrected chi connectivity index (χ4v) is 4.95. The SMILES string of the molecule is Cc1nc(N2CCCC2C2CCCC2)sc1CNC(C)C. The Morgan fingerprint density at radius 3 is 2.71 bits per heavy atom. The smallest absolute Gasteiger partial charge is 0.186 e. The number of aromatic nitrogens is 1. The van der Waals surface area contributed by atoms with Gasteiger partial charge in [0.1, 0.15) is 0 Å². The molecule has 3 rings (SSSR count). The monoisotopic (exact) mass is 307 g/mol. The summed E-state index contributed by atoms with van der Waals surface area (Å²) in [5, 5.41) is 4.80. The topological polar surface area (TPSA) is 28.2 Å². The van der Waals surface area contributed by atoms with Gasteiger partial charge >= 0.3 is 0 Å². The number of nitrogens with zero attached hydrogens (tertiary/aromatic N) is 2. The van der Waals surface area contributed by atoms with Crippen molar-refractivity contribution in [1.82, 2.24) is 10.3 Å². The molecule has 1 aromatic heterocycles. The average Bonchev–Trinajstić information content (AvgIpc) is 3.16. The van der Waals surface area contributed by atoms with Crippen LogP contribution in [0.4, 0.5) is 5.13 Å². The Hall–Kier alpha value is -0.610. The second kappa shape index (κ2) is 6.66. The van der Waals surface area contributed by atoms with E-state index in [-0.39, 0.29) is 0 Å². The number of hydrogen-bond donors (Lipinski definition) is 1. The van der Waals surface area contributed by atoms with Gasteiger partial charge in [-0.2, -0.15) is 0 Å². The first-order valence-electron chi connectivity index (χ1n) is 8.61. The Labute approximate surface area is 133 Å². The van der Waals surface area contributed by atoms with Crippen molar-refractivity contribution in [2.75, 3.05) is 11.4 Å². The summed E-state index contributed by atoms with van der Waals surface area (Å²) < 4.78 is 0. The molecule has 3 nitrogen and oxygen atoms in total. The van der Waals surface area contributed by atoms with Gasteiger partial charge < -0.3 is 10.2 Å². The molecule has 0 amide bonds. The van der Waals surface area contributed by atoms with Gasteiger partial charge in [-0.15, -0.1) is 11.3 Å². The van der Waals surface area contributed by atoms with E-state index < -0.39 is 0 Å². The summed E-state index contributed by atoms with van der Waals surface area (Å²) in [6, 6.07) is 1.30. The van der Waals surface area contributed by atoms with E-state index in [9.17, 15) is 0 Å². The van der Waals surface area contributed by atoms with Crippen molar-refractivity contribution in [2.24, 2.45) is 5.92 Å². The standard InChI is InChI=1S/C17H29N3S/c1-12(2)18-11-16-13(3)19-17(21-16)20-10-6-9-15(20)14-7-4-5-8-14/h12,14-15,18H,4-11H2,1-3H3. The van der Waals surface area contributed by atoms with E-state index in [0.717, 1.165) is 18.5 Å². The second-order valence-electron chi connectivity index (χ2n) is 6.99. The van der Waals surface area contributed by atoms with Gasteiger partial charge in [0.2, 0.25) is 0 Å². The van der Waals surface area contributed by atoms with Gasteiger partial charge in [0.25, 0.3) is 0 Å². The molecule has 0 aromatic carbocycles. The van der Waals surface area contributed by atoms with Gasteiger partial charge in [-0.05, 0) is 38.5 Å². The molecule has 0 bridgehead atoms. The van der Waals surface area contributed by atoms with Crippen LogP contribution in [-0.2, 0) is 6.54 Å². The van der Waals surface area contributed by atoms with Crippen LogP contribution in [0.2, 0.25) is 0 Å². The maximum absolute atomic E-state index is 4.90. The Morgan fingerprint density at radius 1 is 1.24 bits per heavy atom. The maximum Gasteiger partial charge on any atom is 0.186 e. The fraction of sp³-hybridized carbons (Fsp3) is 0.824. The zero-order valence-corrected chi connectivity index (χ0v) is 14.5. The number of aryl methyl sites for hydroxylation is 1. The summed E-state index contributed by atoms with van der Waals surface area (Å²) in [6.07, 6.45) is 8.48. The molecule has 21 heavy (non-hydrogen) atoms. The maximum atomic E-state index is 4.90. The van der Waals surface area contributed by atoms with Gasteiger partial charge in [-0.3, -0.25) is 0 Å². The Morgan fingerprint density at radius 2 is 2.00 bits per heavy atom. The molecule has 2 fully saturated rings. The minimum atomic E-state index is 0.535. The van der Waals surface area contributed by atoms with Gasteiger partial charge in [-0.1, -0.05) is 26.7 Å². The zero-order chi connectivity index (χ0) is 14.8. The lowest BCUT2D eigenvalue weighted by atomic mass is 9.96. The van der Waals surface area contributed by atoms with Crippen molar-refractivity contribution in [3.05, 3.63) is 10.6 Å². The number of anilines is 1. The van der Waals surface area contributed by atoms with Gasteiger partial charge in [0.15, 0.2) is 5.13 Å². The van der Waals surface area contributed by atoms with E-state index in [1.54, 1.807) is 0 Å². The third-order valence-electron chi connectivity index (χ3n) is 5.04. The fourth-order valence-electron chi connectivity index (χ4n) is 3.86. The molecule has 1 aliphatic carbocycles. The molecule has 0 radical (unpaired) electrons. The van der Waals surface area contributed by atoms with Gasteiger partial charge in [0, 0.05) is 30.1 Å². The molecule has 0 spiro atoms. The first kappa shape index (κ1) is 15.3. The van der Waals surface area contributed by atoms with E-state index in [2.05, 4.69) is 31.0 Å². The highest BCUT2D eigenvalue weighted by Crippen LogP contribution is 2.39. The van der Waals surface area contributed by atoms with Crippen LogP contribution >= 0.6 is 11.3 Å². The molecule has 1 aromatic rings. The van der Waals surface area contributed by atoms with Crippen LogP contribution in [-0.4, -0.2) is 23.6 Å². The van der Waals surface area contributed by atoms with Gasteiger partial charge in [0.05, 0.1) is 5.69 Å². The largest absolute Gasteiger partial charge is 0.345 e. The van der Waals surface area contributed by atoms with Crippen LogP contribution in [0.1, 0.15) is 62.9 Å². The van der Waals surface area contributed by atoms with Crippen molar-refractivity contribution >= 4 is 16.5 Å². The van der Waals surface area contributed by atoms with Crippen molar-refractivity contribution in [3.63, 3.8) is 0 Å². The molecule has 4 heteroatoms. The lowest BCUT2D eigenvalue weighted by Gasteiger charge is -2.29. The number of thiazole rings is 1. The third-order valence-corrected chi connectivity index (χ3v) is 6.24. The number of hydrogen-bond acceptors (Lipinski definition) is 4. The molecule has 1 aliphatic heterocycles. The molecule has 1 N–H and O–H groups in total. The highest BCUT2D eigenvalue weighted by molar-refractivity contribution is 7.15. The van der Waals surface area contributed by atoms with Crippen molar-refractivity contribution in [3.8, 4) is 0 Å². The van der Waals surface area contributed by atoms with Crippen LogP contribution in [0.5, 0.6) is 0 Å². The molecule has 2 heterocycles. The summed E-state index contributed by atoms with van der Waals surface area (Å²) in [6.45, 7) is 8.74. The average molecular weight is 308 g/mol. The lowest BCUT2D eigenvalue weighted by molar-refractivity contribution is 0.430. The van der Waals surface area contributed by atoms with Crippen molar-refractivity contribution < 1.29 is 0 Å². The highest BCUT2D eigenvalue weighted by Gasteiger charge is 2.34. The highest BCUT2D eigenvalue weighted by atomic mass is 32.1. The summed E-state index contributed by atoms with van der Waals surface area (Å²) in [4.78, 5) is 8.94. The third kappa shape index (κ3) is 3.42. The zero-order valence-electron chi connectivity index (χ0n) is 13.7. The molecule has 2 aliphatic rings. The first-order valence-corrected chi connectivity index (χ1v) is 9.43. The van der Waals surface area contributed by atoms with E-state index in [0.29, 0.717) is 6.04 Å². The van der Waals surface area contributed by atoms with Crippen LogP contribution in [0.15, 0.2) is 0 Å². The molecule has 1 saturated carbocycles. The molecule has 1 saturated heterocycles. The number of nitrogens with one attached hydrogen (secondary N) is 1. The summed E-state index contributed by atoms with van der Waals surface area (Å²) in [7, 11) is 0. The van der Waals surface area contributed by atoms with E-state index in [1.807, 2.05) is 11.3 Å². The minimum Gasteiger partial charge on any atom is -0.345 e. The van der Waals surface area contributed by atoms with Crippen molar-refractivity contribution in [2.45, 2.75) is 77.9 Å². The number of rotatable bonds is 5. The molecular formula is C17H29N3S. The first-order chi connectivity index (χ1) is 10.1. The summed E-state index contributed by atoms with van der Waals surface area (Å²) in [5.74, 6) is 0.925. The Balaban J connectivity index is 1.71. The predicted molar refractivity (Wildman–Crippen MR) is 91.2 cm³/mol. The summed E-state index contributed by atoms with van der Waals surface area (Å²) >= 11 is 1.91. The lowest BCUT2D eigenvalue weighted by Crippen LogP contribution is -2.34. The van der Waals surface area contributed by atoms with Crippen LogP contribution in [0, 0.1) is 12.8 Å². The Kier molecular flexibility index (Phi) is 4.85. The minimum absolute atomic E-state index is 0.535. The van der Waals surface area contributed by atoms with Crippen LogP contribution < -0.4 is 10.2 Å². The molecule has 1 unspecified atom stereocenters. The van der Waals surface area contributed by atoms with Crippen molar-refractivity contribution in [1.29, 1.82) is 0 Å². The normalized spacial score (nSPS) is 23.6. The molecular weight excluding hydrogens is 278 g/mol. The van der Waals surface area contributed by atoms with E-state index in [4.69, 9.17) is 4.98 Å². The van der Waals surface area contributed by atoms with E-state index in [1.165, 1.54) is 60.8 Å².